The molecule has 0 aliphatic rings. The molecule has 0 unspecified atom stereocenters. The Hall–Kier alpha value is -7.14. The van der Waals surface area contributed by atoms with Crippen LogP contribution in [0, 0.1) is 46.5 Å². The van der Waals surface area contributed by atoms with Gasteiger partial charge in [-0.2, -0.15) is 0 Å². The van der Waals surface area contributed by atoms with Crippen molar-refractivity contribution in [3.8, 4) is 34.1 Å². The number of aromatic nitrogens is 12. The number of para-hydroxylation sites is 6. The van der Waals surface area contributed by atoms with Crippen molar-refractivity contribution in [3.63, 3.8) is 0 Å². The van der Waals surface area contributed by atoms with Crippen LogP contribution in [0.15, 0.2) is 211 Å². The van der Waals surface area contributed by atoms with Gasteiger partial charge in [0.15, 0.2) is 0 Å². The molecule has 0 aliphatic heterocycles. The summed E-state index contributed by atoms with van der Waals surface area (Å²) in [5.74, 6) is 0. The first-order chi connectivity index (χ1) is 41.4. The summed E-state index contributed by atoms with van der Waals surface area (Å²) in [4.78, 5) is 101. The molecule has 88 heavy (non-hydrogen) atoms. The van der Waals surface area contributed by atoms with Crippen molar-refractivity contribution in [1.82, 2.24) is 56.2 Å². The van der Waals surface area contributed by atoms with E-state index in [-0.39, 0.29) is 43.4 Å². The number of halogens is 3. The summed E-state index contributed by atoms with van der Waals surface area (Å²) in [5.41, 5.74) is -2.47. The molecule has 0 saturated carbocycles. The third kappa shape index (κ3) is 6.06. The number of hydrogen-bond acceptors (Lipinski definition) is 6. The summed E-state index contributed by atoms with van der Waals surface area (Å²) >= 11 is 6.92. The Bertz CT molecular complexity index is 4590. The van der Waals surface area contributed by atoms with Gasteiger partial charge in [-0.05, 0) is 0 Å². The van der Waals surface area contributed by atoms with Crippen molar-refractivity contribution >= 4 is 53.5 Å². The van der Waals surface area contributed by atoms with Crippen LogP contribution in [0.3, 0.4) is 0 Å². The molecule has 0 aliphatic carbocycles. The van der Waals surface area contributed by atoms with Gasteiger partial charge in [0, 0.05) is 0 Å². The van der Waals surface area contributed by atoms with E-state index < -0.39 is 38.3 Å². The van der Waals surface area contributed by atoms with Gasteiger partial charge in [-0.3, -0.25) is 0 Å². The van der Waals surface area contributed by atoms with Crippen LogP contribution in [0.25, 0.3) is 34.1 Å². The van der Waals surface area contributed by atoms with Crippen molar-refractivity contribution < 1.29 is 4.95 Å². The van der Waals surface area contributed by atoms with E-state index >= 15 is 28.8 Å². The predicted molar refractivity (Wildman–Crippen MR) is 374 cm³/mol. The molecule has 6 aromatic heterocycles. The first-order valence-electron chi connectivity index (χ1n) is 28.0. The molecule has 0 saturated heterocycles. The summed E-state index contributed by atoms with van der Waals surface area (Å²) in [6.45, 7) is 10.4. The van der Waals surface area contributed by atoms with Crippen LogP contribution in [0.2, 0.25) is 0 Å². The van der Waals surface area contributed by atoms with Crippen LogP contribution < -0.4 is 42.6 Å². The van der Waals surface area contributed by atoms with Crippen molar-refractivity contribution in [2.75, 3.05) is 0 Å². The quantitative estimate of drug-likeness (QED) is 0.125. The molecule has 22 heteroatoms. The molecule has 6 aromatic carbocycles. The normalized spacial score (nSPS) is 14.4. The fourth-order valence-electron chi connectivity index (χ4n) is 14.6. The zero-order valence-corrected chi connectivity index (χ0v) is 59.2. The molecule has 18 nitrogen and oxygen atoms in total. The van der Waals surface area contributed by atoms with Crippen LogP contribution in [0.4, 0.5) is 0 Å². The van der Waals surface area contributed by atoms with Crippen LogP contribution in [0.1, 0.15) is 34.2 Å². The van der Waals surface area contributed by atoms with Gasteiger partial charge in [0.25, 0.3) is 0 Å². The second kappa shape index (κ2) is 17.8. The Balaban J connectivity index is 1.76. The van der Waals surface area contributed by atoms with E-state index in [1.54, 1.807) is 258 Å². The third-order valence-electron chi connectivity index (χ3n) is 18.4. The van der Waals surface area contributed by atoms with Gasteiger partial charge in [-0.1, -0.05) is 0 Å². The number of benzene rings is 6. The number of nitrogens with zero attached hydrogens (tertiary/aromatic N) is 12. The molecule has 0 bridgehead atoms. The van der Waals surface area contributed by atoms with Gasteiger partial charge < -0.3 is 0 Å². The van der Waals surface area contributed by atoms with Gasteiger partial charge in [-0.25, -0.2) is 0 Å². The first kappa shape index (κ1) is 61.1. The van der Waals surface area contributed by atoms with E-state index in [4.69, 9.17) is 0 Å². The van der Waals surface area contributed by atoms with Crippen LogP contribution >= 0.6 is 44.3 Å². The third-order valence-corrected chi connectivity index (χ3v) is 97.1. The monoisotopic (exact) mass is 1660 g/mol. The van der Waals surface area contributed by atoms with Gasteiger partial charge in [0.1, 0.15) is 0 Å². The van der Waals surface area contributed by atoms with E-state index in [1.165, 1.54) is 28.1 Å². The summed E-state index contributed by atoms with van der Waals surface area (Å²) in [7, 11) is 10.2. The molecular weight excluding hydrogens is 1600 g/mol. The van der Waals surface area contributed by atoms with Crippen molar-refractivity contribution in [1.29, 1.82) is 0 Å². The van der Waals surface area contributed by atoms with Crippen molar-refractivity contribution in [2.24, 2.45) is 42.3 Å². The maximum absolute atomic E-state index is 18.9. The molecule has 456 valence electrons. The Morgan fingerprint density at radius 3 is 0.455 bits per heavy atom. The molecule has 6 heterocycles. The molecule has 0 N–H and O–H groups in total. The minimum atomic E-state index is -11.8. The average Bonchev–Trinajstić information content (AvgIpc) is 0.873. The van der Waals surface area contributed by atoms with E-state index in [2.05, 4.69) is 44.3 Å². The molecule has 0 radical (unpaired) electrons. The molecule has 0 spiro atoms. The van der Waals surface area contributed by atoms with Crippen molar-refractivity contribution in [2.45, 2.75) is 41.5 Å². The zero-order chi connectivity index (χ0) is 63.3. The fraction of sp³-hybridized carbons (Fsp3) is 0.182. The molecule has 12 rings (SSSR count). The predicted octanol–water partition coefficient (Wildman–Crippen LogP) is 6.61. The van der Waals surface area contributed by atoms with Crippen molar-refractivity contribution in [3.05, 3.63) is 278 Å². The van der Waals surface area contributed by atoms with Crippen LogP contribution in [-0.4, -0.2) is 56.2 Å². The van der Waals surface area contributed by atoms with Gasteiger partial charge in [0.05, 0.1) is 0 Å². The molecule has 0 atom stereocenters. The van der Waals surface area contributed by atoms with Gasteiger partial charge in [0.2, 0.25) is 0 Å². The SMILES string of the molecule is Cc1[c]([Tb]([I])([I])([I])([c]2c(C)n(C)n(-c3ccccc3)c2=O)([c]2c(C)n(C)n(-c3ccccc3)c2=O)([c]2c(C)n(C)n(-c3ccccc3)c2=O)([c]2c(C)n(C)n(-c3ccccc3)c2=O)[c]2c(C)n(C)n(-c3ccccc3)c2=O)c(=O)n(-c2ccccc2)n1C. The van der Waals surface area contributed by atoms with Crippen LogP contribution in [0.5, 0.6) is 0 Å². The van der Waals surface area contributed by atoms with Gasteiger partial charge in [-0.15, -0.1) is 0 Å². The Labute approximate surface area is 504 Å². The Morgan fingerprint density at radius 2 is 0.341 bits per heavy atom. The Morgan fingerprint density at radius 1 is 0.227 bits per heavy atom. The molecular formula is C66H66I3N12O6Tb. The standard InChI is InChI=1S/6C11H11N2O.3HI.Tb/c6*1-9-8-11(14)13(12(9)2)10-6-4-3-5-7-10;;;;/h6*3-7H,1-2H3;3*1H;/q;;;;;;;;;+3/p-3. The molecule has 0 fully saturated rings. The van der Waals surface area contributed by atoms with Gasteiger partial charge >= 0.3 is 511 Å². The van der Waals surface area contributed by atoms with Crippen LogP contribution in [-0.2, 0) is 42.3 Å². The van der Waals surface area contributed by atoms with E-state index in [0.717, 1.165) is 0 Å². The topological polar surface area (TPSA) is 162 Å². The van der Waals surface area contributed by atoms with E-state index in [1.807, 2.05) is 36.4 Å². The number of rotatable bonds is 12. The molecule has 12 aromatic rings. The van der Waals surface area contributed by atoms with E-state index in [9.17, 15) is 0 Å². The fourth-order valence-corrected chi connectivity index (χ4v) is 108. The first-order valence-corrected chi connectivity index (χ1v) is 52.8. The second-order valence-electron chi connectivity index (χ2n) is 22.6. The van der Waals surface area contributed by atoms with E-state index in [0.29, 0.717) is 34.1 Å². The summed E-state index contributed by atoms with van der Waals surface area (Å²) in [6.07, 6.45) is 0. The molecule has 0 amide bonds. The maximum atomic E-state index is 18.9. The summed E-state index contributed by atoms with van der Waals surface area (Å²) in [5, 5.41) is 0. The average molecular weight is 1660 g/mol. The Kier molecular flexibility index (Phi) is 12.4. The number of hydrogen-bond donors (Lipinski definition) is 0. The zero-order valence-electron chi connectivity index (χ0n) is 50.6. The second-order valence-corrected chi connectivity index (χ2v) is 140. The summed E-state index contributed by atoms with van der Waals surface area (Å²) in [6, 6.07) is 53.6. The summed E-state index contributed by atoms with van der Waals surface area (Å²) < 4.78 is 16.5. The minimum absolute atomic E-state index is 0.0926.